The van der Waals surface area contributed by atoms with Crippen LogP contribution in [0.4, 0.5) is 10.2 Å². The average Bonchev–Trinajstić information content (AvgIpc) is 2.79. The predicted octanol–water partition coefficient (Wildman–Crippen LogP) is 3.43. The first kappa shape index (κ1) is 18.9. The highest BCUT2D eigenvalue weighted by molar-refractivity contribution is 7.89. The number of anilines is 1. The molecule has 5 rings (SSSR count). The van der Waals surface area contributed by atoms with Crippen LogP contribution in [0.2, 0.25) is 0 Å². The molecule has 4 aromatic rings. The van der Waals surface area contributed by atoms with Gasteiger partial charge in [-0.05, 0) is 35.0 Å². The zero-order valence-corrected chi connectivity index (χ0v) is 16.9. The Hall–Kier alpha value is -3.10. The topological polar surface area (TPSA) is 66.4 Å². The van der Waals surface area contributed by atoms with Gasteiger partial charge in [0.1, 0.15) is 23.5 Å². The first-order valence-electron chi connectivity index (χ1n) is 9.67. The predicted molar refractivity (Wildman–Crippen MR) is 114 cm³/mol. The molecule has 0 radical (unpaired) electrons. The fourth-order valence-electron chi connectivity index (χ4n) is 3.91. The Bertz CT molecular complexity index is 1350. The molecule has 1 fully saturated rings. The van der Waals surface area contributed by atoms with E-state index >= 15 is 0 Å². The molecule has 0 aliphatic carbocycles. The lowest BCUT2D eigenvalue weighted by atomic mass is 10.1. The van der Waals surface area contributed by atoms with E-state index in [1.807, 2.05) is 35.2 Å². The molecule has 0 N–H and O–H groups in total. The van der Waals surface area contributed by atoms with E-state index in [-0.39, 0.29) is 5.52 Å². The summed E-state index contributed by atoms with van der Waals surface area (Å²) in [6.07, 6.45) is 1.35. The maximum absolute atomic E-state index is 14.1. The number of nitrogens with zero attached hydrogens (tertiary/aromatic N) is 4. The molecule has 3 aromatic carbocycles. The number of hydrogen-bond acceptors (Lipinski definition) is 5. The molecule has 0 saturated carbocycles. The fourth-order valence-corrected chi connectivity index (χ4v) is 5.37. The molecule has 6 nitrogen and oxygen atoms in total. The van der Waals surface area contributed by atoms with Gasteiger partial charge >= 0.3 is 0 Å². The Labute approximate surface area is 173 Å². The molecule has 0 spiro atoms. The van der Waals surface area contributed by atoms with Crippen LogP contribution in [0, 0.1) is 5.82 Å². The minimum Gasteiger partial charge on any atom is -0.353 e. The Kier molecular flexibility index (Phi) is 4.60. The number of benzene rings is 3. The van der Waals surface area contributed by atoms with Gasteiger partial charge in [-0.2, -0.15) is 4.31 Å². The van der Waals surface area contributed by atoms with Crippen LogP contribution in [0.5, 0.6) is 0 Å². The van der Waals surface area contributed by atoms with Crippen LogP contribution in [-0.4, -0.2) is 48.9 Å². The second kappa shape index (κ2) is 7.30. The van der Waals surface area contributed by atoms with Crippen molar-refractivity contribution in [1.29, 1.82) is 0 Å². The molecule has 1 saturated heterocycles. The van der Waals surface area contributed by atoms with Crippen molar-refractivity contribution >= 4 is 37.5 Å². The van der Waals surface area contributed by atoms with E-state index in [1.165, 1.54) is 16.7 Å². The maximum atomic E-state index is 14.1. The Morgan fingerprint density at radius 3 is 2.40 bits per heavy atom. The smallest absolute Gasteiger partial charge is 0.243 e. The van der Waals surface area contributed by atoms with Crippen molar-refractivity contribution in [2.45, 2.75) is 4.90 Å². The van der Waals surface area contributed by atoms with Gasteiger partial charge < -0.3 is 4.90 Å². The highest BCUT2D eigenvalue weighted by Crippen LogP contribution is 2.27. The van der Waals surface area contributed by atoms with Gasteiger partial charge in [-0.1, -0.05) is 36.4 Å². The summed E-state index contributed by atoms with van der Waals surface area (Å²) < 4.78 is 41.9. The number of rotatable bonds is 3. The zero-order chi connectivity index (χ0) is 20.7. The van der Waals surface area contributed by atoms with Crippen molar-refractivity contribution in [2.75, 3.05) is 31.1 Å². The number of aromatic nitrogens is 2. The van der Waals surface area contributed by atoms with Crippen LogP contribution in [0.25, 0.3) is 21.7 Å². The molecule has 1 aromatic heterocycles. The third-order valence-electron chi connectivity index (χ3n) is 5.49. The van der Waals surface area contributed by atoms with Crippen molar-refractivity contribution in [3.8, 4) is 0 Å². The highest BCUT2D eigenvalue weighted by Gasteiger charge is 2.29. The first-order chi connectivity index (χ1) is 14.5. The van der Waals surface area contributed by atoms with E-state index < -0.39 is 15.8 Å². The molecule has 2 heterocycles. The molecule has 1 aliphatic heterocycles. The van der Waals surface area contributed by atoms with E-state index in [1.54, 1.807) is 24.3 Å². The van der Waals surface area contributed by atoms with Gasteiger partial charge in [-0.3, -0.25) is 0 Å². The summed E-state index contributed by atoms with van der Waals surface area (Å²) in [5.41, 5.74) is 0.272. The fraction of sp³-hybridized carbons (Fsp3) is 0.182. The number of sulfonamides is 1. The Balaban J connectivity index is 1.39. The average molecular weight is 422 g/mol. The van der Waals surface area contributed by atoms with Gasteiger partial charge in [-0.15, -0.1) is 0 Å². The van der Waals surface area contributed by atoms with E-state index in [4.69, 9.17) is 0 Å². The lowest BCUT2D eigenvalue weighted by Crippen LogP contribution is -2.49. The summed E-state index contributed by atoms with van der Waals surface area (Å²) in [5, 5.41) is 2.53. The van der Waals surface area contributed by atoms with Gasteiger partial charge in [0.25, 0.3) is 0 Å². The minimum atomic E-state index is -3.59. The van der Waals surface area contributed by atoms with Crippen LogP contribution in [0.15, 0.2) is 71.9 Å². The summed E-state index contributed by atoms with van der Waals surface area (Å²) in [6.45, 7) is 1.59. The lowest BCUT2D eigenvalue weighted by Gasteiger charge is -2.35. The van der Waals surface area contributed by atoms with Crippen molar-refractivity contribution < 1.29 is 12.8 Å². The van der Waals surface area contributed by atoms with Crippen molar-refractivity contribution in [3.05, 3.63) is 72.8 Å². The highest BCUT2D eigenvalue weighted by atomic mass is 32.2. The van der Waals surface area contributed by atoms with Crippen molar-refractivity contribution in [3.63, 3.8) is 0 Å². The van der Waals surface area contributed by atoms with E-state index in [0.29, 0.717) is 42.3 Å². The number of halogens is 1. The summed E-state index contributed by atoms with van der Waals surface area (Å²) in [7, 11) is -3.59. The van der Waals surface area contributed by atoms with Crippen LogP contribution in [-0.2, 0) is 10.0 Å². The second-order valence-corrected chi connectivity index (χ2v) is 9.17. The summed E-state index contributed by atoms with van der Waals surface area (Å²) in [4.78, 5) is 10.6. The molecule has 0 amide bonds. The van der Waals surface area contributed by atoms with Gasteiger partial charge in [0.05, 0.1) is 4.90 Å². The normalized spacial score (nSPS) is 15.7. The SMILES string of the molecule is O=S(=O)(c1ccc2ccccc2c1)N1CCN(c2ncnc3c(F)cccc23)CC1. The molecule has 0 unspecified atom stereocenters. The molecule has 8 heteroatoms. The van der Waals surface area contributed by atoms with Gasteiger partial charge in [0.2, 0.25) is 10.0 Å². The third-order valence-corrected chi connectivity index (χ3v) is 7.39. The first-order valence-corrected chi connectivity index (χ1v) is 11.1. The number of hydrogen-bond donors (Lipinski definition) is 0. The van der Waals surface area contributed by atoms with Crippen LogP contribution in [0.1, 0.15) is 0 Å². The van der Waals surface area contributed by atoms with E-state index in [9.17, 15) is 12.8 Å². The second-order valence-electron chi connectivity index (χ2n) is 7.23. The Morgan fingerprint density at radius 2 is 1.60 bits per heavy atom. The summed E-state index contributed by atoms with van der Waals surface area (Å²) in [6, 6.07) is 17.7. The van der Waals surface area contributed by atoms with Crippen LogP contribution in [0.3, 0.4) is 0 Å². The number of fused-ring (bicyclic) bond motifs is 2. The van der Waals surface area contributed by atoms with Crippen molar-refractivity contribution in [2.24, 2.45) is 0 Å². The zero-order valence-electron chi connectivity index (χ0n) is 16.1. The molecule has 0 bridgehead atoms. The molecule has 152 valence electrons. The molecular formula is C22H19FN4O2S. The van der Waals surface area contributed by atoms with Crippen molar-refractivity contribution in [1.82, 2.24) is 14.3 Å². The molecule has 0 atom stereocenters. The molecular weight excluding hydrogens is 403 g/mol. The Morgan fingerprint density at radius 1 is 0.833 bits per heavy atom. The van der Waals surface area contributed by atoms with E-state index in [0.717, 1.165) is 10.8 Å². The van der Waals surface area contributed by atoms with Gasteiger partial charge in [0, 0.05) is 31.6 Å². The lowest BCUT2D eigenvalue weighted by molar-refractivity contribution is 0.384. The summed E-state index contributed by atoms with van der Waals surface area (Å²) >= 11 is 0. The molecule has 30 heavy (non-hydrogen) atoms. The van der Waals surface area contributed by atoms with Crippen LogP contribution >= 0.6 is 0 Å². The standard InChI is InChI=1S/C22H19FN4O2S/c23-20-7-3-6-19-21(20)24-15-25-22(19)26-10-12-27(13-11-26)30(28,29)18-9-8-16-4-1-2-5-17(16)14-18/h1-9,14-15H,10-13H2. The third kappa shape index (κ3) is 3.18. The monoisotopic (exact) mass is 422 g/mol. The minimum absolute atomic E-state index is 0.272. The van der Waals surface area contributed by atoms with E-state index in [2.05, 4.69) is 9.97 Å². The molecule has 1 aliphatic rings. The summed E-state index contributed by atoms with van der Waals surface area (Å²) in [5.74, 6) is 0.232. The largest absolute Gasteiger partial charge is 0.353 e. The maximum Gasteiger partial charge on any atom is 0.243 e. The number of piperazine rings is 1. The van der Waals surface area contributed by atoms with Crippen LogP contribution < -0.4 is 4.90 Å². The quantitative estimate of drug-likeness (QED) is 0.506. The van der Waals surface area contributed by atoms with Gasteiger partial charge in [-0.25, -0.2) is 22.8 Å². The number of para-hydroxylation sites is 1. The van der Waals surface area contributed by atoms with Gasteiger partial charge in [0.15, 0.2) is 0 Å².